The van der Waals surface area contributed by atoms with Crippen molar-refractivity contribution in [3.63, 3.8) is 0 Å². The molecule has 1 aliphatic heterocycles. The molecule has 2 rings (SSSR count). The van der Waals surface area contributed by atoms with Gasteiger partial charge in [-0.05, 0) is 13.0 Å². The van der Waals surface area contributed by atoms with E-state index in [4.69, 9.17) is 9.47 Å². The Hall–Kier alpha value is -1.21. The molecule has 0 atom stereocenters. The molecule has 0 spiro atoms. The minimum absolute atomic E-state index is 0.0728. The first-order chi connectivity index (χ1) is 9.47. The van der Waals surface area contributed by atoms with E-state index in [1.807, 2.05) is 0 Å². The van der Waals surface area contributed by atoms with Gasteiger partial charge in [-0.15, -0.1) is 0 Å². The highest BCUT2D eigenvalue weighted by molar-refractivity contribution is 6.74. The monoisotopic (exact) mass is 288 g/mol. The molecule has 0 aromatic heterocycles. The number of ether oxygens (including phenoxy) is 2. The molecule has 20 heavy (non-hydrogen) atoms. The predicted octanol–water partition coefficient (Wildman–Crippen LogP) is 1.76. The minimum atomic E-state index is -5.05. The van der Waals surface area contributed by atoms with Gasteiger partial charge >= 0.3 is 6.98 Å². The lowest BCUT2D eigenvalue weighted by Gasteiger charge is -2.27. The molecule has 1 fully saturated rings. The SMILES string of the molecule is Cc1ccc(OCCN2CCOCC2)c([B-](F)(F)F)c1. The number of morpholine rings is 1. The number of hydrogen-bond acceptors (Lipinski definition) is 3. The summed E-state index contributed by atoms with van der Waals surface area (Å²) in [5, 5.41) is 0. The van der Waals surface area contributed by atoms with Crippen molar-refractivity contribution >= 4 is 12.4 Å². The maximum atomic E-state index is 13.0. The van der Waals surface area contributed by atoms with E-state index in [-0.39, 0.29) is 12.4 Å². The summed E-state index contributed by atoms with van der Waals surface area (Å²) in [6.07, 6.45) is 0. The van der Waals surface area contributed by atoms with Gasteiger partial charge in [0.1, 0.15) is 6.61 Å². The molecule has 1 saturated heterocycles. The largest absolute Gasteiger partial charge is 0.513 e. The van der Waals surface area contributed by atoms with Crippen LogP contribution in [0.2, 0.25) is 0 Å². The van der Waals surface area contributed by atoms with E-state index in [1.54, 1.807) is 13.0 Å². The molecule has 1 heterocycles. The van der Waals surface area contributed by atoms with Crippen molar-refractivity contribution in [2.24, 2.45) is 0 Å². The maximum absolute atomic E-state index is 13.0. The van der Waals surface area contributed by atoms with E-state index in [2.05, 4.69) is 4.90 Å². The summed E-state index contributed by atoms with van der Waals surface area (Å²) in [6, 6.07) is 4.18. The zero-order chi connectivity index (χ0) is 14.6. The van der Waals surface area contributed by atoms with E-state index in [9.17, 15) is 12.9 Å². The quantitative estimate of drug-likeness (QED) is 0.771. The molecule has 0 amide bonds. The van der Waals surface area contributed by atoms with Crippen LogP contribution in [-0.4, -0.2) is 51.3 Å². The van der Waals surface area contributed by atoms with Crippen molar-refractivity contribution in [2.75, 3.05) is 39.5 Å². The first-order valence-electron chi connectivity index (χ1n) is 6.70. The van der Waals surface area contributed by atoms with Crippen molar-refractivity contribution < 1.29 is 22.4 Å². The van der Waals surface area contributed by atoms with Crippen LogP contribution in [-0.2, 0) is 4.74 Å². The number of aryl methyl sites for hydroxylation is 1. The third-order valence-corrected chi connectivity index (χ3v) is 3.29. The highest BCUT2D eigenvalue weighted by Gasteiger charge is 2.29. The Morgan fingerprint density at radius 3 is 2.60 bits per heavy atom. The Kier molecular flexibility index (Phi) is 4.93. The molecule has 112 valence electrons. The summed E-state index contributed by atoms with van der Waals surface area (Å²) >= 11 is 0. The topological polar surface area (TPSA) is 21.7 Å². The van der Waals surface area contributed by atoms with Crippen LogP contribution >= 0.6 is 0 Å². The first-order valence-corrected chi connectivity index (χ1v) is 6.70. The van der Waals surface area contributed by atoms with Gasteiger partial charge in [0, 0.05) is 19.6 Å². The Morgan fingerprint density at radius 2 is 1.95 bits per heavy atom. The number of benzene rings is 1. The molecule has 0 radical (unpaired) electrons. The molecule has 0 saturated carbocycles. The number of rotatable bonds is 5. The van der Waals surface area contributed by atoms with Gasteiger partial charge in [-0.1, -0.05) is 23.2 Å². The second-order valence-electron chi connectivity index (χ2n) is 4.92. The van der Waals surface area contributed by atoms with Crippen molar-refractivity contribution in [1.29, 1.82) is 0 Å². The van der Waals surface area contributed by atoms with E-state index in [0.717, 1.165) is 19.2 Å². The fourth-order valence-corrected chi connectivity index (χ4v) is 2.16. The normalized spacial score (nSPS) is 17.2. The summed E-state index contributed by atoms with van der Waals surface area (Å²) in [4.78, 5) is 2.12. The number of nitrogens with zero attached hydrogens (tertiary/aromatic N) is 1. The molecule has 7 heteroatoms. The van der Waals surface area contributed by atoms with Crippen LogP contribution in [0.25, 0.3) is 0 Å². The molecule has 1 aromatic rings. The fraction of sp³-hybridized carbons (Fsp3) is 0.538. The van der Waals surface area contributed by atoms with Crippen LogP contribution in [0.1, 0.15) is 5.56 Å². The third kappa shape index (κ3) is 4.14. The van der Waals surface area contributed by atoms with Crippen LogP contribution in [0.4, 0.5) is 12.9 Å². The van der Waals surface area contributed by atoms with E-state index in [1.165, 1.54) is 6.07 Å². The van der Waals surface area contributed by atoms with Crippen LogP contribution in [0, 0.1) is 6.92 Å². The lowest BCUT2D eigenvalue weighted by Crippen LogP contribution is -2.39. The molecular weight excluding hydrogens is 270 g/mol. The summed E-state index contributed by atoms with van der Waals surface area (Å²) in [5.74, 6) is -0.0728. The van der Waals surface area contributed by atoms with Crippen LogP contribution < -0.4 is 10.2 Å². The average Bonchev–Trinajstić information content (AvgIpc) is 2.40. The zero-order valence-electron chi connectivity index (χ0n) is 11.4. The van der Waals surface area contributed by atoms with Gasteiger partial charge in [-0.2, -0.15) is 0 Å². The summed E-state index contributed by atoms with van der Waals surface area (Å²) in [7, 11) is 0. The van der Waals surface area contributed by atoms with Gasteiger partial charge in [0.25, 0.3) is 0 Å². The molecular formula is C13H18BF3NO2-. The van der Waals surface area contributed by atoms with E-state index < -0.39 is 12.4 Å². The Bertz CT molecular complexity index is 448. The maximum Gasteiger partial charge on any atom is 0.513 e. The Labute approximate surface area is 116 Å². The second-order valence-corrected chi connectivity index (χ2v) is 4.92. The Morgan fingerprint density at radius 1 is 1.25 bits per heavy atom. The van der Waals surface area contributed by atoms with Gasteiger partial charge in [0.2, 0.25) is 0 Å². The summed E-state index contributed by atoms with van der Waals surface area (Å²) in [6.45, 7) is 0.391. The smallest absolute Gasteiger partial charge is 0.495 e. The molecule has 1 aromatic carbocycles. The minimum Gasteiger partial charge on any atom is -0.495 e. The van der Waals surface area contributed by atoms with Crippen LogP contribution in [0.3, 0.4) is 0 Å². The van der Waals surface area contributed by atoms with Crippen molar-refractivity contribution in [3.8, 4) is 5.75 Å². The summed E-state index contributed by atoms with van der Waals surface area (Å²) < 4.78 is 49.4. The van der Waals surface area contributed by atoms with Crippen LogP contribution in [0.5, 0.6) is 5.75 Å². The second kappa shape index (κ2) is 6.50. The van der Waals surface area contributed by atoms with Gasteiger partial charge in [0.05, 0.1) is 19.0 Å². The lowest BCUT2D eigenvalue weighted by molar-refractivity contribution is 0.0323. The zero-order valence-corrected chi connectivity index (χ0v) is 11.4. The summed E-state index contributed by atoms with van der Waals surface area (Å²) in [5.41, 5.74) is -0.0632. The van der Waals surface area contributed by atoms with E-state index >= 15 is 0 Å². The predicted molar refractivity (Wildman–Crippen MR) is 72.6 cm³/mol. The molecule has 1 aliphatic rings. The first kappa shape index (κ1) is 15.2. The third-order valence-electron chi connectivity index (χ3n) is 3.29. The molecule has 0 aliphatic carbocycles. The molecule has 3 nitrogen and oxygen atoms in total. The van der Waals surface area contributed by atoms with Gasteiger partial charge in [-0.25, -0.2) is 0 Å². The Balaban J connectivity index is 1.95. The van der Waals surface area contributed by atoms with Gasteiger partial charge in [-0.3, -0.25) is 4.90 Å². The molecule has 0 unspecified atom stereocenters. The highest BCUT2D eigenvalue weighted by atomic mass is 19.4. The van der Waals surface area contributed by atoms with Crippen molar-refractivity contribution in [1.82, 2.24) is 4.90 Å². The lowest BCUT2D eigenvalue weighted by atomic mass is 9.78. The van der Waals surface area contributed by atoms with Crippen molar-refractivity contribution in [2.45, 2.75) is 6.92 Å². The van der Waals surface area contributed by atoms with Gasteiger partial charge < -0.3 is 22.4 Å². The van der Waals surface area contributed by atoms with E-state index in [0.29, 0.717) is 25.3 Å². The van der Waals surface area contributed by atoms with Crippen molar-refractivity contribution in [3.05, 3.63) is 23.8 Å². The van der Waals surface area contributed by atoms with Gasteiger partial charge in [0.15, 0.2) is 0 Å². The molecule has 0 N–H and O–H groups in total. The number of hydrogen-bond donors (Lipinski definition) is 0. The fourth-order valence-electron chi connectivity index (χ4n) is 2.16. The standard InChI is InChI=1S/C13H18BF3NO2/c1-11-2-3-13(12(10-11)14(15,16)17)20-9-6-18-4-7-19-8-5-18/h2-3,10H,4-9H2,1H3/q-1. The highest BCUT2D eigenvalue weighted by Crippen LogP contribution is 2.19. The number of halogens is 3. The van der Waals surface area contributed by atoms with Crippen LogP contribution in [0.15, 0.2) is 18.2 Å². The average molecular weight is 288 g/mol. The molecule has 0 bridgehead atoms.